The molecule has 2 fully saturated rings. The lowest BCUT2D eigenvalue weighted by molar-refractivity contribution is -0.132. The lowest BCUT2D eigenvalue weighted by atomic mass is 10.2. The zero-order valence-corrected chi connectivity index (χ0v) is 16.5. The van der Waals surface area contributed by atoms with Gasteiger partial charge in [0.2, 0.25) is 5.91 Å². The fourth-order valence-electron chi connectivity index (χ4n) is 2.86. The summed E-state index contributed by atoms with van der Waals surface area (Å²) in [6.07, 6.45) is 2.08. The summed E-state index contributed by atoms with van der Waals surface area (Å²) in [5.74, 6) is -0.604. The van der Waals surface area contributed by atoms with Crippen molar-refractivity contribution in [1.82, 2.24) is 9.80 Å². The van der Waals surface area contributed by atoms with Crippen molar-refractivity contribution >= 4 is 56.1 Å². The highest BCUT2D eigenvalue weighted by Crippen LogP contribution is 2.33. The third-order valence-electron chi connectivity index (χ3n) is 4.39. The summed E-state index contributed by atoms with van der Waals surface area (Å²) in [7, 11) is -1.51. The molecule has 2 saturated heterocycles. The van der Waals surface area contributed by atoms with Crippen molar-refractivity contribution in [1.29, 1.82) is 0 Å². The topological polar surface area (TPSA) is 91.8 Å². The summed E-state index contributed by atoms with van der Waals surface area (Å²) in [6, 6.07) is 3.38. The molecule has 0 saturated carbocycles. The number of hydrogen-bond donors (Lipinski definition) is 0. The Labute approximate surface area is 160 Å². The molecular weight excluding hydrogens is 396 g/mol. The van der Waals surface area contributed by atoms with Gasteiger partial charge in [0.1, 0.15) is 0 Å². The molecular formula is C16H18N2O5S3. The van der Waals surface area contributed by atoms with Gasteiger partial charge in [-0.2, -0.15) is 0 Å². The molecule has 1 aromatic rings. The lowest BCUT2D eigenvalue weighted by Gasteiger charge is -2.24. The minimum Gasteiger partial charge on any atom is -0.342 e. The Balaban J connectivity index is 1.58. The average Bonchev–Trinajstić information content (AvgIpc) is 3.27. The van der Waals surface area contributed by atoms with E-state index in [1.165, 1.54) is 16.2 Å². The minimum atomic E-state index is -3.08. The second kappa shape index (κ2) is 7.53. The monoisotopic (exact) mass is 414 g/mol. The van der Waals surface area contributed by atoms with Crippen molar-refractivity contribution in [3.63, 3.8) is 0 Å². The number of carbonyl (C=O) groups excluding carboxylic acids is 3. The largest absolute Gasteiger partial charge is 0.342 e. The summed E-state index contributed by atoms with van der Waals surface area (Å²) in [5, 5.41) is 1.49. The number of sulfone groups is 1. The highest BCUT2D eigenvalue weighted by molar-refractivity contribution is 8.18. The van der Waals surface area contributed by atoms with Gasteiger partial charge in [0.25, 0.3) is 11.1 Å². The van der Waals surface area contributed by atoms with Crippen LogP contribution in [-0.4, -0.2) is 66.4 Å². The molecule has 26 heavy (non-hydrogen) atoms. The molecule has 3 amide bonds. The van der Waals surface area contributed by atoms with Gasteiger partial charge < -0.3 is 4.90 Å². The van der Waals surface area contributed by atoms with Gasteiger partial charge in [-0.15, -0.1) is 11.3 Å². The zero-order chi connectivity index (χ0) is 18.9. The first-order valence-electron chi connectivity index (χ1n) is 8.02. The molecule has 1 atom stereocenters. The molecule has 10 heteroatoms. The van der Waals surface area contributed by atoms with Crippen molar-refractivity contribution in [2.24, 2.45) is 0 Å². The highest BCUT2D eigenvalue weighted by atomic mass is 32.2. The Morgan fingerprint density at radius 2 is 2.19 bits per heavy atom. The molecule has 0 aromatic carbocycles. The number of nitrogens with zero attached hydrogens (tertiary/aromatic N) is 2. The van der Waals surface area contributed by atoms with Crippen LogP contribution < -0.4 is 0 Å². The zero-order valence-electron chi connectivity index (χ0n) is 14.1. The Morgan fingerprint density at radius 1 is 1.42 bits per heavy atom. The quantitative estimate of drug-likeness (QED) is 0.683. The van der Waals surface area contributed by atoms with Gasteiger partial charge in [0, 0.05) is 30.9 Å². The lowest BCUT2D eigenvalue weighted by Crippen LogP contribution is -2.40. The van der Waals surface area contributed by atoms with Crippen LogP contribution in [-0.2, 0) is 19.4 Å². The highest BCUT2D eigenvalue weighted by Gasteiger charge is 2.36. The summed E-state index contributed by atoms with van der Waals surface area (Å²) < 4.78 is 23.1. The average molecular weight is 415 g/mol. The smallest absolute Gasteiger partial charge is 0.293 e. The Bertz CT molecular complexity index is 860. The van der Waals surface area contributed by atoms with E-state index in [1.54, 1.807) is 13.1 Å². The predicted octanol–water partition coefficient (Wildman–Crippen LogP) is 1.82. The van der Waals surface area contributed by atoms with Crippen LogP contribution in [0.2, 0.25) is 0 Å². The fraction of sp³-hybridized carbons (Fsp3) is 0.438. The number of thioether (sulfide) groups is 1. The van der Waals surface area contributed by atoms with Crippen molar-refractivity contribution in [2.45, 2.75) is 18.9 Å². The number of amides is 3. The van der Waals surface area contributed by atoms with Crippen molar-refractivity contribution in [3.05, 3.63) is 27.3 Å². The van der Waals surface area contributed by atoms with Gasteiger partial charge in [-0.1, -0.05) is 6.07 Å². The Hall–Kier alpha value is -1.65. The van der Waals surface area contributed by atoms with Gasteiger partial charge in [0.15, 0.2) is 9.84 Å². The van der Waals surface area contributed by atoms with E-state index in [1.807, 2.05) is 17.5 Å². The molecule has 0 unspecified atom stereocenters. The maximum atomic E-state index is 12.4. The van der Waals surface area contributed by atoms with E-state index in [-0.39, 0.29) is 36.4 Å². The molecule has 1 aromatic heterocycles. The van der Waals surface area contributed by atoms with Crippen LogP contribution >= 0.6 is 23.1 Å². The molecule has 140 valence electrons. The third kappa shape index (κ3) is 4.18. The second-order valence-electron chi connectivity index (χ2n) is 6.16. The third-order valence-corrected chi connectivity index (χ3v) is 7.87. The summed E-state index contributed by atoms with van der Waals surface area (Å²) in [5.41, 5.74) is 0. The van der Waals surface area contributed by atoms with Crippen molar-refractivity contribution in [3.8, 4) is 0 Å². The van der Waals surface area contributed by atoms with E-state index in [9.17, 15) is 22.8 Å². The van der Waals surface area contributed by atoms with Crippen LogP contribution in [0.25, 0.3) is 6.08 Å². The molecule has 3 rings (SSSR count). The number of rotatable bonds is 5. The molecule has 2 aliphatic rings. The normalized spacial score (nSPS) is 23.8. The molecule has 0 N–H and O–H groups in total. The Kier molecular flexibility index (Phi) is 5.54. The number of hydrogen-bond acceptors (Lipinski definition) is 7. The van der Waals surface area contributed by atoms with Crippen LogP contribution in [0.4, 0.5) is 4.79 Å². The number of thiophene rings is 1. The number of imide groups is 1. The van der Waals surface area contributed by atoms with Gasteiger partial charge >= 0.3 is 0 Å². The van der Waals surface area contributed by atoms with E-state index in [2.05, 4.69) is 0 Å². The minimum absolute atomic E-state index is 0.00487. The summed E-state index contributed by atoms with van der Waals surface area (Å²) in [4.78, 5) is 40.5. The molecule has 0 aliphatic carbocycles. The number of carbonyl (C=O) groups is 3. The molecule has 7 nitrogen and oxygen atoms in total. The molecule has 0 radical (unpaired) electrons. The van der Waals surface area contributed by atoms with Crippen molar-refractivity contribution in [2.75, 3.05) is 25.1 Å². The van der Waals surface area contributed by atoms with E-state index in [4.69, 9.17) is 0 Å². The van der Waals surface area contributed by atoms with Gasteiger partial charge in [-0.25, -0.2) is 8.42 Å². The first kappa shape index (κ1) is 19.1. The second-order valence-corrected chi connectivity index (χ2v) is 10.4. The SMILES string of the molecule is CN(C(=O)CCN1C(=O)S/C(=C\c2cccs2)C1=O)[C@@H]1CCS(=O)(=O)C1. The van der Waals surface area contributed by atoms with E-state index < -0.39 is 21.0 Å². The maximum Gasteiger partial charge on any atom is 0.293 e. The van der Waals surface area contributed by atoms with Crippen LogP contribution in [0.15, 0.2) is 22.4 Å². The first-order valence-corrected chi connectivity index (χ1v) is 11.5. The fourth-order valence-corrected chi connectivity index (χ4v) is 6.23. The van der Waals surface area contributed by atoms with Crippen LogP contribution in [0.5, 0.6) is 0 Å². The first-order chi connectivity index (χ1) is 12.3. The van der Waals surface area contributed by atoms with Crippen LogP contribution in [0.1, 0.15) is 17.7 Å². The van der Waals surface area contributed by atoms with E-state index in [0.29, 0.717) is 11.3 Å². The predicted molar refractivity (Wildman–Crippen MR) is 101 cm³/mol. The van der Waals surface area contributed by atoms with Crippen LogP contribution in [0, 0.1) is 0 Å². The summed E-state index contributed by atoms with van der Waals surface area (Å²) in [6.45, 7) is -0.00487. The van der Waals surface area contributed by atoms with Crippen molar-refractivity contribution < 1.29 is 22.8 Å². The van der Waals surface area contributed by atoms with E-state index in [0.717, 1.165) is 21.5 Å². The van der Waals surface area contributed by atoms with Gasteiger partial charge in [0.05, 0.1) is 16.4 Å². The van der Waals surface area contributed by atoms with Gasteiger partial charge in [-0.05, 0) is 35.7 Å². The van der Waals surface area contributed by atoms with Gasteiger partial charge in [-0.3, -0.25) is 19.3 Å². The van der Waals surface area contributed by atoms with E-state index >= 15 is 0 Å². The molecule has 2 aliphatic heterocycles. The molecule has 3 heterocycles. The van der Waals surface area contributed by atoms with Crippen LogP contribution in [0.3, 0.4) is 0 Å². The molecule has 0 spiro atoms. The Morgan fingerprint density at radius 3 is 2.81 bits per heavy atom. The molecule has 0 bridgehead atoms. The maximum absolute atomic E-state index is 12.4. The summed E-state index contributed by atoms with van der Waals surface area (Å²) >= 11 is 2.33. The standard InChI is InChI=1S/C16H18N2O5S3/c1-17(11-5-8-26(22,23)10-11)14(19)4-6-18-15(20)13(25-16(18)21)9-12-3-2-7-24-12/h2-3,7,9,11H,4-6,8,10H2,1H3/b13-9-/t11-/m1/s1.